The Hall–Kier alpha value is -0.770. The molecule has 1 rings (SSSR count). The molecule has 4 nitrogen and oxygen atoms in total. The zero-order valence-corrected chi connectivity index (χ0v) is 8.70. The van der Waals surface area contributed by atoms with E-state index in [1.807, 2.05) is 0 Å². The number of carbonyl (C=O) groups is 1. The molecule has 4 heteroatoms. The first kappa shape index (κ1) is 11.3. The normalized spacial score (nSPS) is 18.3. The summed E-state index contributed by atoms with van der Waals surface area (Å²) in [6.07, 6.45) is 2.30. The Labute approximate surface area is 84.8 Å². The Balaban J connectivity index is 2.17. The fraction of sp³-hybridized carbons (Fsp3) is 0.900. The summed E-state index contributed by atoms with van der Waals surface area (Å²) < 4.78 is 5.04. The van der Waals surface area contributed by atoms with Crippen molar-refractivity contribution in [2.75, 3.05) is 19.7 Å². The van der Waals surface area contributed by atoms with Crippen LogP contribution in [0.3, 0.4) is 0 Å². The minimum absolute atomic E-state index is 0.259. The number of carbonyl (C=O) groups excluding carboxylic acids is 1. The molecule has 1 heterocycles. The lowest BCUT2D eigenvalue weighted by atomic mass is 10.1. The number of ether oxygens (including phenoxy) is 1. The monoisotopic (exact) mass is 200 g/mol. The number of hydrogen-bond acceptors (Lipinski definition) is 2. The lowest BCUT2D eigenvalue weighted by Gasteiger charge is -2.27. The summed E-state index contributed by atoms with van der Waals surface area (Å²) >= 11 is 0. The van der Waals surface area contributed by atoms with Gasteiger partial charge in [0.05, 0.1) is 12.7 Å². The van der Waals surface area contributed by atoms with Crippen LogP contribution in [0.2, 0.25) is 0 Å². The van der Waals surface area contributed by atoms with Crippen molar-refractivity contribution in [2.45, 2.75) is 38.7 Å². The number of amides is 1. The molecule has 1 radical (unpaired) electrons. The van der Waals surface area contributed by atoms with E-state index in [2.05, 4.69) is 6.92 Å². The highest BCUT2D eigenvalue weighted by atomic mass is 16.6. The maximum Gasteiger partial charge on any atom is 0.409 e. The van der Waals surface area contributed by atoms with Crippen LogP contribution >= 0.6 is 0 Å². The van der Waals surface area contributed by atoms with Crippen LogP contribution in [0, 0.1) is 0 Å². The molecule has 1 aliphatic heterocycles. The SMILES string of the molecule is CCCCOC(=O)N1CCC([O])CC1. The van der Waals surface area contributed by atoms with Crippen molar-refractivity contribution in [2.24, 2.45) is 0 Å². The molecule has 0 saturated carbocycles. The summed E-state index contributed by atoms with van der Waals surface area (Å²) in [5, 5.41) is 11.0. The molecule has 0 atom stereocenters. The summed E-state index contributed by atoms with van der Waals surface area (Å²) in [5.41, 5.74) is 0. The second kappa shape index (κ2) is 5.86. The topological polar surface area (TPSA) is 49.4 Å². The molecule has 0 spiro atoms. The van der Waals surface area contributed by atoms with E-state index in [0.717, 1.165) is 12.8 Å². The Morgan fingerprint density at radius 2 is 2.07 bits per heavy atom. The van der Waals surface area contributed by atoms with E-state index in [1.54, 1.807) is 4.90 Å². The molecule has 0 aromatic carbocycles. The molecule has 0 N–H and O–H groups in total. The maximum absolute atomic E-state index is 11.4. The Morgan fingerprint density at radius 3 is 2.64 bits per heavy atom. The maximum atomic E-state index is 11.4. The minimum Gasteiger partial charge on any atom is -0.449 e. The third-order valence-electron chi connectivity index (χ3n) is 2.42. The van der Waals surface area contributed by atoms with Crippen LogP contribution in [-0.2, 0) is 9.84 Å². The largest absolute Gasteiger partial charge is 0.449 e. The molecule has 0 aromatic rings. The van der Waals surface area contributed by atoms with Crippen molar-refractivity contribution in [3.63, 3.8) is 0 Å². The van der Waals surface area contributed by atoms with Crippen molar-refractivity contribution >= 4 is 6.09 Å². The molecule has 1 amide bonds. The lowest BCUT2D eigenvalue weighted by molar-refractivity contribution is 0.0228. The van der Waals surface area contributed by atoms with Crippen molar-refractivity contribution in [1.29, 1.82) is 0 Å². The van der Waals surface area contributed by atoms with E-state index in [-0.39, 0.29) is 6.09 Å². The summed E-state index contributed by atoms with van der Waals surface area (Å²) in [6.45, 7) is 3.65. The molecule has 81 valence electrons. The van der Waals surface area contributed by atoms with Gasteiger partial charge in [-0.1, -0.05) is 13.3 Å². The molecule has 1 fully saturated rings. The van der Waals surface area contributed by atoms with E-state index in [9.17, 15) is 9.90 Å². The third-order valence-corrected chi connectivity index (χ3v) is 2.42. The van der Waals surface area contributed by atoms with E-state index in [4.69, 9.17) is 4.74 Å². The van der Waals surface area contributed by atoms with Crippen LogP contribution in [0.15, 0.2) is 0 Å². The van der Waals surface area contributed by atoms with Gasteiger partial charge in [-0.2, -0.15) is 0 Å². The third kappa shape index (κ3) is 3.54. The highest BCUT2D eigenvalue weighted by Gasteiger charge is 2.22. The number of rotatable bonds is 3. The fourth-order valence-corrected chi connectivity index (χ4v) is 1.43. The van der Waals surface area contributed by atoms with Crippen molar-refractivity contribution in [3.05, 3.63) is 0 Å². The van der Waals surface area contributed by atoms with Crippen LogP contribution in [0.4, 0.5) is 4.79 Å². The molecule has 14 heavy (non-hydrogen) atoms. The number of hydrogen-bond donors (Lipinski definition) is 0. The Kier molecular flexibility index (Phi) is 4.73. The van der Waals surface area contributed by atoms with Crippen molar-refractivity contribution < 1.29 is 14.6 Å². The Bertz CT molecular complexity index is 176. The van der Waals surface area contributed by atoms with Crippen molar-refractivity contribution in [3.8, 4) is 0 Å². The first-order chi connectivity index (χ1) is 6.74. The van der Waals surface area contributed by atoms with Gasteiger partial charge in [0.1, 0.15) is 0 Å². The summed E-state index contributed by atoms with van der Waals surface area (Å²) in [6, 6.07) is 0. The molecule has 1 aliphatic rings. The van der Waals surface area contributed by atoms with Gasteiger partial charge in [0.15, 0.2) is 0 Å². The van der Waals surface area contributed by atoms with Gasteiger partial charge in [-0.3, -0.25) is 0 Å². The van der Waals surface area contributed by atoms with Crippen LogP contribution in [0.5, 0.6) is 0 Å². The zero-order valence-electron chi connectivity index (χ0n) is 8.70. The standard InChI is InChI=1S/C10H18NO3/c1-2-3-8-14-10(13)11-6-4-9(12)5-7-11/h9H,2-8H2,1H3. The van der Waals surface area contributed by atoms with Gasteiger partial charge < -0.3 is 9.64 Å². The summed E-state index contributed by atoms with van der Waals surface area (Å²) in [7, 11) is 0. The van der Waals surface area contributed by atoms with E-state index in [1.165, 1.54) is 0 Å². The predicted octanol–water partition coefficient (Wildman–Crippen LogP) is 1.82. The molecule has 0 bridgehead atoms. The summed E-state index contributed by atoms with van der Waals surface area (Å²) in [4.78, 5) is 13.0. The van der Waals surface area contributed by atoms with Crippen LogP contribution in [0.25, 0.3) is 0 Å². The van der Waals surface area contributed by atoms with Gasteiger partial charge in [0, 0.05) is 13.1 Å². The van der Waals surface area contributed by atoms with Gasteiger partial charge in [-0.05, 0) is 19.3 Å². The van der Waals surface area contributed by atoms with Gasteiger partial charge >= 0.3 is 6.09 Å². The first-order valence-corrected chi connectivity index (χ1v) is 5.31. The number of piperidine rings is 1. The lowest BCUT2D eigenvalue weighted by Crippen LogP contribution is -2.40. The molecular formula is C10H18NO3. The van der Waals surface area contributed by atoms with Gasteiger partial charge in [-0.15, -0.1) is 0 Å². The van der Waals surface area contributed by atoms with E-state index in [0.29, 0.717) is 32.5 Å². The number of nitrogens with zero attached hydrogens (tertiary/aromatic N) is 1. The first-order valence-electron chi connectivity index (χ1n) is 5.31. The fourth-order valence-electron chi connectivity index (χ4n) is 1.43. The van der Waals surface area contributed by atoms with Gasteiger partial charge in [-0.25, -0.2) is 9.90 Å². The highest BCUT2D eigenvalue weighted by molar-refractivity contribution is 5.67. The van der Waals surface area contributed by atoms with Gasteiger partial charge in [0.25, 0.3) is 0 Å². The van der Waals surface area contributed by atoms with Crippen LogP contribution in [-0.4, -0.2) is 36.8 Å². The van der Waals surface area contributed by atoms with Crippen LogP contribution in [0.1, 0.15) is 32.6 Å². The van der Waals surface area contributed by atoms with Gasteiger partial charge in [0.2, 0.25) is 0 Å². The zero-order chi connectivity index (χ0) is 10.4. The summed E-state index contributed by atoms with van der Waals surface area (Å²) in [5.74, 6) is 0. The average molecular weight is 200 g/mol. The van der Waals surface area contributed by atoms with E-state index < -0.39 is 6.10 Å². The van der Waals surface area contributed by atoms with Crippen molar-refractivity contribution in [1.82, 2.24) is 4.90 Å². The smallest absolute Gasteiger partial charge is 0.409 e. The van der Waals surface area contributed by atoms with E-state index >= 15 is 0 Å². The molecule has 0 aliphatic carbocycles. The molecule has 0 aromatic heterocycles. The molecule has 1 saturated heterocycles. The number of likely N-dealkylation sites (tertiary alicyclic amines) is 1. The predicted molar refractivity (Wildman–Crippen MR) is 51.5 cm³/mol. The van der Waals surface area contributed by atoms with Crippen LogP contribution < -0.4 is 0 Å². The quantitative estimate of drug-likeness (QED) is 0.652. The highest BCUT2D eigenvalue weighted by Crippen LogP contribution is 2.11. The average Bonchev–Trinajstić information content (AvgIpc) is 2.19. The Morgan fingerprint density at radius 1 is 1.43 bits per heavy atom. The molecule has 0 unspecified atom stereocenters. The second-order valence-corrected chi connectivity index (χ2v) is 3.65. The minimum atomic E-state index is -0.491. The molecular weight excluding hydrogens is 182 g/mol. The second-order valence-electron chi connectivity index (χ2n) is 3.65. The number of unbranched alkanes of at least 4 members (excludes halogenated alkanes) is 1.